The highest BCUT2D eigenvalue weighted by Crippen LogP contribution is 2.45. The van der Waals surface area contributed by atoms with Crippen LogP contribution in [0, 0.1) is 0 Å². The minimum atomic E-state index is 1.00. The SMILES string of the molecule is CCN1/C(=C/C=C2\CCC[n+]3c2sc2ccccc23)Sc2ccccc21. The summed E-state index contributed by atoms with van der Waals surface area (Å²) in [5.41, 5.74) is 4.19. The lowest BCUT2D eigenvalue weighted by Gasteiger charge is -2.17. The zero-order valence-electron chi connectivity index (χ0n) is 14.8. The highest BCUT2D eigenvalue weighted by Gasteiger charge is 2.27. The number of anilines is 1. The van der Waals surface area contributed by atoms with Gasteiger partial charge in [-0.15, -0.1) is 0 Å². The number of hydrogen-bond donors (Lipinski definition) is 0. The molecule has 0 radical (unpaired) electrons. The Morgan fingerprint density at radius 2 is 1.92 bits per heavy atom. The number of para-hydroxylation sites is 2. The van der Waals surface area contributed by atoms with Crippen LogP contribution in [-0.4, -0.2) is 6.54 Å². The van der Waals surface area contributed by atoms with Gasteiger partial charge in [-0.3, -0.25) is 0 Å². The Labute approximate surface area is 162 Å². The number of hydrogen-bond acceptors (Lipinski definition) is 3. The van der Waals surface area contributed by atoms with E-state index < -0.39 is 0 Å². The van der Waals surface area contributed by atoms with Crippen LogP contribution in [0.15, 0.2) is 70.6 Å². The molecule has 4 heteroatoms. The molecule has 2 aromatic carbocycles. The first-order chi connectivity index (χ1) is 12.8. The predicted molar refractivity (Wildman–Crippen MR) is 113 cm³/mol. The van der Waals surface area contributed by atoms with E-state index in [4.69, 9.17) is 0 Å². The molecular formula is C22H21N2S2+. The first-order valence-electron chi connectivity index (χ1n) is 9.22. The second-order valence-electron chi connectivity index (χ2n) is 6.64. The number of fused-ring (bicyclic) bond motifs is 4. The molecule has 0 spiro atoms. The molecule has 0 atom stereocenters. The maximum Gasteiger partial charge on any atom is 0.265 e. The van der Waals surface area contributed by atoms with Gasteiger partial charge in [0, 0.05) is 29.5 Å². The first kappa shape index (κ1) is 16.2. The van der Waals surface area contributed by atoms with Gasteiger partial charge in [-0.2, -0.15) is 4.57 Å². The van der Waals surface area contributed by atoms with Crippen LogP contribution >= 0.6 is 23.1 Å². The summed E-state index contributed by atoms with van der Waals surface area (Å²) in [4.78, 5) is 3.78. The Bertz CT molecular complexity index is 1050. The lowest BCUT2D eigenvalue weighted by atomic mass is 10.1. The predicted octanol–water partition coefficient (Wildman–Crippen LogP) is 5.84. The molecule has 0 bridgehead atoms. The molecule has 5 rings (SSSR count). The van der Waals surface area contributed by atoms with Gasteiger partial charge in [0.05, 0.1) is 10.7 Å². The fraction of sp³-hybridized carbons (Fsp3) is 0.227. The van der Waals surface area contributed by atoms with Crippen molar-refractivity contribution in [1.82, 2.24) is 0 Å². The van der Waals surface area contributed by atoms with Crippen molar-refractivity contribution >= 4 is 44.6 Å². The fourth-order valence-corrected chi connectivity index (χ4v) is 6.23. The molecule has 2 nitrogen and oxygen atoms in total. The third kappa shape index (κ3) is 2.60. The van der Waals surface area contributed by atoms with Gasteiger partial charge in [0.1, 0.15) is 4.70 Å². The molecule has 0 N–H and O–H groups in total. The summed E-state index contributed by atoms with van der Waals surface area (Å²) in [6, 6.07) is 17.5. The van der Waals surface area contributed by atoms with E-state index >= 15 is 0 Å². The molecule has 3 aromatic rings. The van der Waals surface area contributed by atoms with E-state index in [0.29, 0.717) is 0 Å². The third-order valence-electron chi connectivity index (χ3n) is 5.09. The van der Waals surface area contributed by atoms with E-state index in [1.807, 2.05) is 23.1 Å². The van der Waals surface area contributed by atoms with Crippen LogP contribution in [0.4, 0.5) is 5.69 Å². The van der Waals surface area contributed by atoms with Gasteiger partial charge in [0.25, 0.3) is 5.01 Å². The average molecular weight is 378 g/mol. The molecule has 0 saturated carbocycles. The van der Waals surface area contributed by atoms with E-state index in [1.54, 1.807) is 0 Å². The molecule has 0 fully saturated rings. The highest BCUT2D eigenvalue weighted by atomic mass is 32.2. The molecule has 0 aliphatic carbocycles. The van der Waals surface area contributed by atoms with E-state index in [2.05, 4.69) is 77.1 Å². The van der Waals surface area contributed by atoms with Crippen LogP contribution in [0.5, 0.6) is 0 Å². The van der Waals surface area contributed by atoms with E-state index in [1.165, 1.54) is 49.3 Å². The molecule has 0 unspecified atom stereocenters. The minimum absolute atomic E-state index is 1.00. The van der Waals surface area contributed by atoms with Gasteiger partial charge < -0.3 is 4.90 Å². The van der Waals surface area contributed by atoms with Crippen molar-refractivity contribution in [1.29, 1.82) is 0 Å². The number of allylic oxidation sites excluding steroid dienone is 3. The van der Waals surface area contributed by atoms with Gasteiger partial charge in [-0.05, 0) is 43.7 Å². The summed E-state index contributed by atoms with van der Waals surface area (Å²) >= 11 is 3.81. The van der Waals surface area contributed by atoms with E-state index in [9.17, 15) is 0 Å². The summed E-state index contributed by atoms with van der Waals surface area (Å²) in [6.07, 6.45) is 7.07. The summed E-state index contributed by atoms with van der Waals surface area (Å²) in [6.45, 7) is 4.36. The number of thioether (sulfide) groups is 1. The number of rotatable bonds is 2. The average Bonchev–Trinajstić information content (AvgIpc) is 3.24. The number of thiazole rings is 1. The fourth-order valence-electron chi connectivity index (χ4n) is 3.86. The van der Waals surface area contributed by atoms with Gasteiger partial charge >= 0.3 is 0 Å². The van der Waals surface area contributed by atoms with Gasteiger partial charge in [0.2, 0.25) is 5.52 Å². The molecule has 26 heavy (non-hydrogen) atoms. The van der Waals surface area contributed by atoms with Crippen molar-refractivity contribution in [2.75, 3.05) is 11.4 Å². The van der Waals surface area contributed by atoms with Crippen LogP contribution < -0.4 is 9.47 Å². The lowest BCUT2D eigenvalue weighted by Crippen LogP contribution is -2.38. The van der Waals surface area contributed by atoms with E-state index in [-0.39, 0.29) is 0 Å². The summed E-state index contributed by atoms with van der Waals surface area (Å²) in [5.74, 6) is 0. The summed E-state index contributed by atoms with van der Waals surface area (Å²) < 4.78 is 3.89. The van der Waals surface area contributed by atoms with Crippen LogP contribution in [-0.2, 0) is 6.54 Å². The van der Waals surface area contributed by atoms with Crippen LogP contribution in [0.25, 0.3) is 15.8 Å². The Hall–Kier alpha value is -2.04. The number of nitrogens with zero attached hydrogens (tertiary/aromatic N) is 2. The highest BCUT2D eigenvalue weighted by molar-refractivity contribution is 8.03. The standard InChI is InChI=1S/C22H21N2S2/c1-2-23-17-9-3-5-11-19(17)25-21(23)14-13-16-8-7-15-24-18-10-4-6-12-20(18)26-22(16)24/h3-6,9-14H,2,7-8,15H2,1H3/q+1. The number of aromatic nitrogens is 1. The Morgan fingerprint density at radius 1 is 1.08 bits per heavy atom. The molecule has 130 valence electrons. The zero-order valence-corrected chi connectivity index (χ0v) is 16.4. The maximum atomic E-state index is 2.50. The van der Waals surface area contributed by atoms with Gasteiger partial charge in [-0.1, -0.05) is 47.4 Å². The smallest absolute Gasteiger partial charge is 0.265 e. The molecule has 0 amide bonds. The second-order valence-corrected chi connectivity index (χ2v) is 8.73. The molecular weight excluding hydrogens is 356 g/mol. The zero-order chi connectivity index (χ0) is 17.5. The monoisotopic (exact) mass is 377 g/mol. The van der Waals surface area contributed by atoms with Crippen molar-refractivity contribution in [3.05, 3.63) is 70.7 Å². The van der Waals surface area contributed by atoms with Crippen molar-refractivity contribution in [3.8, 4) is 0 Å². The Morgan fingerprint density at radius 3 is 2.85 bits per heavy atom. The second kappa shape index (κ2) is 6.60. The number of benzene rings is 2. The van der Waals surface area contributed by atoms with Gasteiger partial charge in [0.15, 0.2) is 6.54 Å². The van der Waals surface area contributed by atoms with Crippen molar-refractivity contribution in [2.45, 2.75) is 31.2 Å². The summed E-state index contributed by atoms with van der Waals surface area (Å²) in [5, 5.41) is 2.76. The Kier molecular flexibility index (Phi) is 4.10. The Balaban J connectivity index is 1.54. The van der Waals surface area contributed by atoms with Crippen molar-refractivity contribution in [3.63, 3.8) is 0 Å². The normalized spacial score (nSPS) is 19.3. The summed E-state index contributed by atoms with van der Waals surface area (Å²) in [7, 11) is 0. The van der Waals surface area contributed by atoms with Crippen LogP contribution in [0.3, 0.4) is 0 Å². The molecule has 1 aromatic heterocycles. The number of aryl methyl sites for hydroxylation is 1. The van der Waals surface area contributed by atoms with E-state index in [0.717, 1.165) is 13.1 Å². The largest absolute Gasteiger partial charge is 0.335 e. The molecule has 3 heterocycles. The maximum absolute atomic E-state index is 2.50. The quantitative estimate of drug-likeness (QED) is 0.518. The molecule has 2 aliphatic rings. The third-order valence-corrected chi connectivity index (χ3v) is 7.46. The van der Waals surface area contributed by atoms with Crippen molar-refractivity contribution in [2.24, 2.45) is 0 Å². The molecule has 0 saturated heterocycles. The van der Waals surface area contributed by atoms with Gasteiger partial charge in [-0.25, -0.2) is 0 Å². The molecule has 2 aliphatic heterocycles. The minimum Gasteiger partial charge on any atom is -0.335 e. The van der Waals surface area contributed by atoms with Crippen molar-refractivity contribution < 1.29 is 4.57 Å². The first-order valence-corrected chi connectivity index (χ1v) is 10.9. The van der Waals surface area contributed by atoms with Crippen LogP contribution in [0.2, 0.25) is 0 Å². The van der Waals surface area contributed by atoms with Crippen LogP contribution in [0.1, 0.15) is 24.8 Å². The topological polar surface area (TPSA) is 7.12 Å². The lowest BCUT2D eigenvalue weighted by molar-refractivity contribution is -0.672.